The van der Waals surface area contributed by atoms with E-state index in [1.165, 1.54) is 7.11 Å². The highest BCUT2D eigenvalue weighted by Gasteiger charge is 2.21. The van der Waals surface area contributed by atoms with Crippen LogP contribution in [0.5, 0.6) is 23.0 Å². The minimum Gasteiger partial charge on any atom is -0.496 e. The molecule has 0 fully saturated rings. The number of benzene rings is 3. The normalized spacial score (nSPS) is 12.4. The maximum absolute atomic E-state index is 13.6. The van der Waals surface area contributed by atoms with Crippen LogP contribution >= 0.6 is 0 Å². The number of carbonyl (C=O) groups excluding carboxylic acids is 1. The predicted octanol–water partition coefficient (Wildman–Crippen LogP) is 5.33. The van der Waals surface area contributed by atoms with Crippen molar-refractivity contribution < 1.29 is 28.2 Å². The molecule has 0 radical (unpaired) electrons. The van der Waals surface area contributed by atoms with E-state index >= 15 is 0 Å². The van der Waals surface area contributed by atoms with Crippen molar-refractivity contribution in [3.63, 3.8) is 0 Å². The highest BCUT2D eigenvalue weighted by molar-refractivity contribution is 5.95. The SMILES string of the molecule is CCc1cc2c(=O)c(-c3ccc4c(c3)OCCO4)c(C)oc2cc1OC(=O)c1ccccc1OC. The van der Waals surface area contributed by atoms with Crippen molar-refractivity contribution in [2.45, 2.75) is 20.3 Å². The molecule has 1 aliphatic rings. The predicted molar refractivity (Wildman–Crippen MR) is 131 cm³/mol. The molecule has 178 valence electrons. The highest BCUT2D eigenvalue weighted by Crippen LogP contribution is 2.36. The van der Waals surface area contributed by atoms with Gasteiger partial charge in [0.25, 0.3) is 0 Å². The number of para-hydroxylation sites is 1. The van der Waals surface area contributed by atoms with Crippen LogP contribution in [0.1, 0.15) is 28.6 Å². The van der Waals surface area contributed by atoms with Crippen LogP contribution in [0, 0.1) is 6.92 Å². The van der Waals surface area contributed by atoms with E-state index < -0.39 is 5.97 Å². The van der Waals surface area contributed by atoms with Crippen LogP contribution in [0.25, 0.3) is 22.1 Å². The molecule has 0 bridgehead atoms. The van der Waals surface area contributed by atoms with Gasteiger partial charge < -0.3 is 23.4 Å². The number of carbonyl (C=O) groups is 1. The first-order valence-corrected chi connectivity index (χ1v) is 11.4. The first-order chi connectivity index (χ1) is 17.0. The number of ether oxygens (including phenoxy) is 4. The van der Waals surface area contributed by atoms with Gasteiger partial charge in [0, 0.05) is 6.07 Å². The van der Waals surface area contributed by atoms with Crippen LogP contribution in [0.15, 0.2) is 63.8 Å². The summed E-state index contributed by atoms with van der Waals surface area (Å²) < 4.78 is 28.3. The van der Waals surface area contributed by atoms with E-state index in [4.69, 9.17) is 23.4 Å². The lowest BCUT2D eigenvalue weighted by molar-refractivity contribution is 0.0730. The summed E-state index contributed by atoms with van der Waals surface area (Å²) in [4.78, 5) is 26.4. The Bertz CT molecular complexity index is 1500. The molecule has 4 aromatic rings. The summed E-state index contributed by atoms with van der Waals surface area (Å²) in [5.74, 6) is 1.90. The number of methoxy groups -OCH3 is 1. The van der Waals surface area contributed by atoms with Crippen LogP contribution in [0.4, 0.5) is 0 Å². The zero-order chi connectivity index (χ0) is 24.5. The number of fused-ring (bicyclic) bond motifs is 2. The van der Waals surface area contributed by atoms with Gasteiger partial charge >= 0.3 is 5.97 Å². The van der Waals surface area contributed by atoms with Gasteiger partial charge in [-0.15, -0.1) is 0 Å². The maximum atomic E-state index is 13.6. The summed E-state index contributed by atoms with van der Waals surface area (Å²) >= 11 is 0. The second-order valence-electron chi connectivity index (χ2n) is 8.12. The average molecular weight is 472 g/mol. The summed E-state index contributed by atoms with van der Waals surface area (Å²) in [6, 6.07) is 15.6. The van der Waals surface area contributed by atoms with Crippen LogP contribution in [-0.4, -0.2) is 26.3 Å². The van der Waals surface area contributed by atoms with Gasteiger partial charge in [-0.25, -0.2) is 4.79 Å². The highest BCUT2D eigenvalue weighted by atomic mass is 16.6. The zero-order valence-electron chi connectivity index (χ0n) is 19.7. The van der Waals surface area contributed by atoms with Crippen molar-refractivity contribution in [3.05, 3.63) is 81.7 Å². The monoisotopic (exact) mass is 472 g/mol. The van der Waals surface area contributed by atoms with Crippen LogP contribution < -0.4 is 24.4 Å². The molecule has 35 heavy (non-hydrogen) atoms. The van der Waals surface area contributed by atoms with Crippen LogP contribution in [0.2, 0.25) is 0 Å². The fourth-order valence-electron chi connectivity index (χ4n) is 4.25. The van der Waals surface area contributed by atoms with Crippen molar-refractivity contribution in [2.24, 2.45) is 0 Å². The summed E-state index contributed by atoms with van der Waals surface area (Å²) in [5.41, 5.74) is 2.34. The molecule has 5 rings (SSSR count). The standard InChI is InChI=1S/C28H24O7/c1-4-17-13-20-24(15-23(17)35-28(30)19-7-5-6-8-21(19)31-3)34-16(2)26(27(20)29)18-9-10-22-25(14-18)33-12-11-32-22/h5-10,13-15H,4,11-12H2,1-3H3. The summed E-state index contributed by atoms with van der Waals surface area (Å²) in [7, 11) is 1.50. The Balaban J connectivity index is 1.58. The minimum atomic E-state index is -0.552. The number of hydrogen-bond acceptors (Lipinski definition) is 7. The van der Waals surface area contributed by atoms with E-state index in [0.29, 0.717) is 81.6 Å². The van der Waals surface area contributed by atoms with Crippen LogP contribution in [0.3, 0.4) is 0 Å². The van der Waals surface area contributed by atoms with Gasteiger partial charge in [0.1, 0.15) is 41.6 Å². The van der Waals surface area contributed by atoms with E-state index in [9.17, 15) is 9.59 Å². The summed E-state index contributed by atoms with van der Waals surface area (Å²) in [6.45, 7) is 4.62. The number of esters is 1. The smallest absolute Gasteiger partial charge is 0.347 e. The largest absolute Gasteiger partial charge is 0.496 e. The lowest BCUT2D eigenvalue weighted by Crippen LogP contribution is -2.15. The Morgan fingerprint density at radius 1 is 0.971 bits per heavy atom. The van der Waals surface area contributed by atoms with Crippen molar-refractivity contribution in [2.75, 3.05) is 20.3 Å². The lowest BCUT2D eigenvalue weighted by atomic mass is 10.00. The molecule has 0 N–H and O–H groups in total. The van der Waals surface area contributed by atoms with Crippen molar-refractivity contribution >= 4 is 16.9 Å². The second kappa shape index (κ2) is 9.18. The molecule has 0 aliphatic carbocycles. The maximum Gasteiger partial charge on any atom is 0.347 e. The minimum absolute atomic E-state index is 0.169. The van der Waals surface area contributed by atoms with Gasteiger partial charge in [-0.1, -0.05) is 25.1 Å². The molecule has 0 atom stereocenters. The Morgan fingerprint density at radius 2 is 1.74 bits per heavy atom. The summed E-state index contributed by atoms with van der Waals surface area (Å²) in [6.07, 6.45) is 0.553. The third-order valence-corrected chi connectivity index (χ3v) is 5.99. The van der Waals surface area contributed by atoms with Gasteiger partial charge in [-0.3, -0.25) is 4.79 Å². The molecule has 7 heteroatoms. The van der Waals surface area contributed by atoms with Crippen molar-refractivity contribution in [1.82, 2.24) is 0 Å². The molecule has 2 heterocycles. The Kier molecular flexibility index (Phi) is 5.91. The number of rotatable bonds is 5. The first kappa shape index (κ1) is 22.5. The molecule has 1 aliphatic heterocycles. The molecular formula is C28H24O7. The van der Waals surface area contributed by atoms with E-state index in [2.05, 4.69) is 0 Å². The third-order valence-electron chi connectivity index (χ3n) is 5.99. The molecule has 7 nitrogen and oxygen atoms in total. The topological polar surface area (TPSA) is 84.2 Å². The Labute approximate surface area is 201 Å². The van der Waals surface area contributed by atoms with E-state index in [1.54, 1.807) is 55.5 Å². The molecule has 0 saturated heterocycles. The molecule has 0 spiro atoms. The van der Waals surface area contributed by atoms with E-state index in [-0.39, 0.29) is 5.43 Å². The third kappa shape index (κ3) is 4.10. The Hall–Kier alpha value is -4.26. The average Bonchev–Trinajstić information content (AvgIpc) is 2.88. The molecule has 0 amide bonds. The lowest BCUT2D eigenvalue weighted by Gasteiger charge is -2.19. The quantitative estimate of drug-likeness (QED) is 0.287. The Morgan fingerprint density at radius 3 is 2.51 bits per heavy atom. The molecule has 0 saturated carbocycles. The number of hydrogen-bond donors (Lipinski definition) is 0. The molecule has 1 aromatic heterocycles. The van der Waals surface area contributed by atoms with Gasteiger partial charge in [-0.05, 0) is 54.8 Å². The number of aryl methyl sites for hydroxylation is 2. The second-order valence-corrected chi connectivity index (χ2v) is 8.12. The first-order valence-electron chi connectivity index (χ1n) is 11.4. The molecular weight excluding hydrogens is 448 g/mol. The van der Waals surface area contributed by atoms with Gasteiger partial charge in [0.2, 0.25) is 5.43 Å². The van der Waals surface area contributed by atoms with Crippen molar-refractivity contribution in [3.8, 4) is 34.1 Å². The zero-order valence-corrected chi connectivity index (χ0v) is 19.7. The molecule has 0 unspecified atom stereocenters. The van der Waals surface area contributed by atoms with E-state index in [1.807, 2.05) is 13.0 Å². The van der Waals surface area contributed by atoms with Gasteiger partial charge in [0.05, 0.1) is 18.1 Å². The van der Waals surface area contributed by atoms with Gasteiger partial charge in [-0.2, -0.15) is 0 Å². The molecule has 3 aromatic carbocycles. The fraction of sp³-hybridized carbons (Fsp3) is 0.214. The van der Waals surface area contributed by atoms with Crippen LogP contribution in [-0.2, 0) is 6.42 Å². The van der Waals surface area contributed by atoms with Crippen molar-refractivity contribution in [1.29, 1.82) is 0 Å². The fourth-order valence-corrected chi connectivity index (χ4v) is 4.25. The summed E-state index contributed by atoms with van der Waals surface area (Å²) in [5, 5.41) is 0.412. The van der Waals surface area contributed by atoms with Gasteiger partial charge in [0.15, 0.2) is 11.5 Å². The van der Waals surface area contributed by atoms with E-state index in [0.717, 1.165) is 0 Å².